The Hall–Kier alpha value is -1.68. The molecule has 1 spiro atoms. The largest absolute Gasteiger partial charge is 0.381 e. The van der Waals surface area contributed by atoms with Crippen molar-refractivity contribution in [1.29, 1.82) is 0 Å². The van der Waals surface area contributed by atoms with Crippen LogP contribution < -0.4 is 5.32 Å². The summed E-state index contributed by atoms with van der Waals surface area (Å²) < 4.78 is 5.58. The zero-order valence-corrected chi connectivity index (χ0v) is 17.8. The van der Waals surface area contributed by atoms with Crippen LogP contribution in [0.2, 0.25) is 0 Å². The van der Waals surface area contributed by atoms with Gasteiger partial charge < -0.3 is 15.0 Å². The quantitative estimate of drug-likeness (QED) is 0.306. The maximum Gasteiger partial charge on any atom is 0.261 e. The van der Waals surface area contributed by atoms with Gasteiger partial charge in [-0.3, -0.25) is 19.5 Å². The van der Waals surface area contributed by atoms with E-state index >= 15 is 0 Å². The minimum Gasteiger partial charge on any atom is -0.381 e. The third-order valence-corrected chi connectivity index (χ3v) is 5.63. The number of hydrogen-bond acceptors (Lipinski definition) is 4. The number of amides is 2. The van der Waals surface area contributed by atoms with Crippen LogP contribution in [0.25, 0.3) is 0 Å². The molecule has 1 atom stereocenters. The Morgan fingerprint density at radius 2 is 1.93 bits per heavy atom. The van der Waals surface area contributed by atoms with Gasteiger partial charge >= 0.3 is 0 Å². The molecule has 27 heavy (non-hydrogen) atoms. The summed E-state index contributed by atoms with van der Waals surface area (Å²) in [6.07, 6.45) is 2.22. The number of fused-ring (bicyclic) bond motifs is 1. The molecule has 3 heterocycles. The molecule has 3 aliphatic rings. The molecule has 8 heteroatoms. The summed E-state index contributed by atoms with van der Waals surface area (Å²) in [5.74, 6) is 0.390. The lowest BCUT2D eigenvalue weighted by Gasteiger charge is -2.25. The molecule has 1 N–H and O–H groups in total. The van der Waals surface area contributed by atoms with Crippen molar-refractivity contribution in [2.24, 2.45) is 10.4 Å². The number of nitrogens with zero attached hydrogens (tertiary/aromatic N) is 3. The molecule has 146 valence electrons. The number of hydrogen-bond donors (Lipinski definition) is 1. The van der Waals surface area contributed by atoms with Crippen molar-refractivity contribution >= 4 is 41.8 Å². The van der Waals surface area contributed by atoms with E-state index in [4.69, 9.17) is 4.74 Å². The van der Waals surface area contributed by atoms with Crippen LogP contribution in [0.3, 0.4) is 0 Å². The van der Waals surface area contributed by atoms with Crippen LogP contribution >= 0.6 is 24.0 Å². The lowest BCUT2D eigenvalue weighted by molar-refractivity contribution is 0.0657. The van der Waals surface area contributed by atoms with Gasteiger partial charge in [0, 0.05) is 45.2 Å². The fourth-order valence-corrected chi connectivity index (χ4v) is 4.14. The van der Waals surface area contributed by atoms with E-state index in [0.717, 1.165) is 45.1 Å². The third kappa shape index (κ3) is 3.69. The number of ether oxygens (including phenoxy) is 1. The number of rotatable bonds is 3. The third-order valence-electron chi connectivity index (χ3n) is 5.63. The molecule has 1 aromatic rings. The molecular weight excluding hydrogens is 459 g/mol. The first-order valence-electron chi connectivity index (χ1n) is 9.12. The van der Waals surface area contributed by atoms with Crippen LogP contribution in [0, 0.1) is 5.41 Å². The highest BCUT2D eigenvalue weighted by atomic mass is 127. The Morgan fingerprint density at radius 1 is 1.22 bits per heavy atom. The number of benzene rings is 1. The van der Waals surface area contributed by atoms with Crippen molar-refractivity contribution in [3.8, 4) is 0 Å². The Kier molecular flexibility index (Phi) is 6.05. The van der Waals surface area contributed by atoms with Gasteiger partial charge in [-0.25, -0.2) is 0 Å². The first kappa shape index (κ1) is 20.1. The molecule has 2 saturated heterocycles. The number of carbonyl (C=O) groups is 2. The van der Waals surface area contributed by atoms with E-state index < -0.39 is 0 Å². The van der Waals surface area contributed by atoms with E-state index in [1.807, 2.05) is 0 Å². The van der Waals surface area contributed by atoms with E-state index in [-0.39, 0.29) is 41.2 Å². The summed E-state index contributed by atoms with van der Waals surface area (Å²) in [5.41, 5.74) is 1.24. The zero-order chi connectivity index (χ0) is 18.1. The maximum atomic E-state index is 12.4. The number of guanidine groups is 1. The molecule has 2 fully saturated rings. The number of nitrogens with one attached hydrogen (secondary N) is 1. The number of halogens is 1. The van der Waals surface area contributed by atoms with Crippen LogP contribution in [-0.4, -0.2) is 74.0 Å². The van der Waals surface area contributed by atoms with Gasteiger partial charge in [0.1, 0.15) is 0 Å². The summed E-state index contributed by atoms with van der Waals surface area (Å²) in [5, 5.41) is 3.30. The van der Waals surface area contributed by atoms with Gasteiger partial charge in [-0.15, -0.1) is 24.0 Å². The number of imide groups is 1. The summed E-state index contributed by atoms with van der Waals surface area (Å²) in [4.78, 5) is 32.7. The summed E-state index contributed by atoms with van der Waals surface area (Å²) >= 11 is 0. The fraction of sp³-hybridized carbons (Fsp3) is 0.526. The molecule has 4 rings (SSSR count). The molecule has 1 unspecified atom stereocenters. The van der Waals surface area contributed by atoms with E-state index in [1.165, 1.54) is 4.90 Å². The van der Waals surface area contributed by atoms with Crippen molar-refractivity contribution in [3.05, 3.63) is 35.4 Å². The van der Waals surface area contributed by atoms with Crippen LogP contribution in [-0.2, 0) is 4.74 Å². The van der Waals surface area contributed by atoms with Crippen molar-refractivity contribution in [1.82, 2.24) is 15.1 Å². The van der Waals surface area contributed by atoms with Crippen LogP contribution in [0.4, 0.5) is 0 Å². The Bertz CT molecular complexity index is 726. The summed E-state index contributed by atoms with van der Waals surface area (Å²) in [6, 6.07) is 6.97. The highest BCUT2D eigenvalue weighted by molar-refractivity contribution is 14.0. The average molecular weight is 484 g/mol. The normalized spacial score (nSPS) is 24.6. The lowest BCUT2D eigenvalue weighted by atomic mass is 9.87. The van der Waals surface area contributed by atoms with Crippen LogP contribution in [0.5, 0.6) is 0 Å². The standard InChI is InChI=1S/C19H24N4O3.HI/c1-20-18(22-9-6-19(12-22)7-11-26-13-19)21-8-10-23-16(24)14-4-2-3-5-15(14)17(23)25;/h2-5H,6-13H2,1H3,(H,20,21);1H. The van der Waals surface area contributed by atoms with Gasteiger partial charge in [0.05, 0.1) is 17.7 Å². The predicted octanol–water partition coefficient (Wildman–Crippen LogP) is 1.59. The maximum absolute atomic E-state index is 12.4. The molecule has 0 radical (unpaired) electrons. The minimum atomic E-state index is -0.217. The van der Waals surface area contributed by atoms with Crippen molar-refractivity contribution in [3.63, 3.8) is 0 Å². The van der Waals surface area contributed by atoms with Gasteiger partial charge in [-0.05, 0) is 25.0 Å². The van der Waals surface area contributed by atoms with E-state index in [0.29, 0.717) is 24.2 Å². The monoisotopic (exact) mass is 484 g/mol. The first-order chi connectivity index (χ1) is 12.6. The molecule has 1 aromatic carbocycles. The molecule has 2 amide bonds. The fourth-order valence-electron chi connectivity index (χ4n) is 4.14. The summed E-state index contributed by atoms with van der Waals surface area (Å²) in [7, 11) is 1.76. The second-order valence-electron chi connectivity index (χ2n) is 7.26. The molecule has 0 aromatic heterocycles. The van der Waals surface area contributed by atoms with Crippen molar-refractivity contribution in [2.45, 2.75) is 12.8 Å². The lowest BCUT2D eigenvalue weighted by Crippen LogP contribution is -2.45. The number of likely N-dealkylation sites (tertiary alicyclic amines) is 1. The van der Waals surface area contributed by atoms with Crippen LogP contribution in [0.15, 0.2) is 29.3 Å². The van der Waals surface area contributed by atoms with Gasteiger partial charge in [0.25, 0.3) is 11.8 Å². The molecule has 0 saturated carbocycles. The van der Waals surface area contributed by atoms with Gasteiger partial charge in [0.15, 0.2) is 5.96 Å². The van der Waals surface area contributed by atoms with Gasteiger partial charge in [-0.1, -0.05) is 12.1 Å². The van der Waals surface area contributed by atoms with Crippen molar-refractivity contribution in [2.75, 3.05) is 46.4 Å². The first-order valence-corrected chi connectivity index (χ1v) is 9.12. The number of carbonyl (C=O) groups excluding carboxylic acids is 2. The Balaban J connectivity index is 0.00000210. The highest BCUT2D eigenvalue weighted by Gasteiger charge is 2.42. The SMILES string of the molecule is CN=C(NCCN1C(=O)c2ccccc2C1=O)N1CCC2(CCOC2)C1.I. The van der Waals surface area contributed by atoms with Gasteiger partial charge in [0.2, 0.25) is 0 Å². The zero-order valence-electron chi connectivity index (χ0n) is 15.4. The van der Waals surface area contributed by atoms with Crippen molar-refractivity contribution < 1.29 is 14.3 Å². The van der Waals surface area contributed by atoms with Crippen LogP contribution in [0.1, 0.15) is 33.6 Å². The van der Waals surface area contributed by atoms with Gasteiger partial charge in [-0.2, -0.15) is 0 Å². The Labute approximate surface area is 176 Å². The molecule has 0 bridgehead atoms. The number of aliphatic imine (C=N–C) groups is 1. The topological polar surface area (TPSA) is 74.2 Å². The predicted molar refractivity (Wildman–Crippen MR) is 113 cm³/mol. The highest BCUT2D eigenvalue weighted by Crippen LogP contribution is 2.38. The molecule has 3 aliphatic heterocycles. The van der Waals surface area contributed by atoms with E-state index in [9.17, 15) is 9.59 Å². The smallest absolute Gasteiger partial charge is 0.261 e. The molecule has 7 nitrogen and oxygen atoms in total. The Morgan fingerprint density at radius 3 is 2.52 bits per heavy atom. The summed E-state index contributed by atoms with van der Waals surface area (Å²) in [6.45, 7) is 4.39. The molecule has 0 aliphatic carbocycles. The van der Waals surface area contributed by atoms with E-state index in [2.05, 4.69) is 15.2 Å². The van der Waals surface area contributed by atoms with E-state index in [1.54, 1.807) is 31.3 Å². The minimum absolute atomic E-state index is 0. The second-order valence-corrected chi connectivity index (χ2v) is 7.26. The average Bonchev–Trinajstić information content (AvgIpc) is 3.36. The molecular formula is C19H25IN4O3. The second kappa shape index (κ2) is 8.14.